The van der Waals surface area contributed by atoms with E-state index >= 15 is 0 Å². The molecular weight excluding hydrogens is 702 g/mol. The Balaban J connectivity index is 1.04. The first kappa shape index (κ1) is 32.5. The Kier molecular flexibility index (Phi) is 7.34. The van der Waals surface area contributed by atoms with Gasteiger partial charge in [0.15, 0.2) is 0 Å². The summed E-state index contributed by atoms with van der Waals surface area (Å²) in [5.41, 5.74) is 1.33. The number of ketones is 2. The van der Waals surface area contributed by atoms with Gasteiger partial charge in [-0.05, 0) is 0 Å². The Morgan fingerprint density at radius 2 is 0.935 bits per heavy atom. The van der Waals surface area contributed by atoms with Gasteiger partial charge in [0.25, 0.3) is 0 Å². The molecule has 0 aromatic carbocycles. The van der Waals surface area contributed by atoms with E-state index in [-0.39, 0.29) is 59.5 Å². The van der Waals surface area contributed by atoms with Crippen LogP contribution in [0.5, 0.6) is 0 Å². The van der Waals surface area contributed by atoms with E-state index in [4.69, 9.17) is 0 Å². The van der Waals surface area contributed by atoms with Gasteiger partial charge in [0.05, 0.1) is 0 Å². The zero-order chi connectivity index (χ0) is 32.7. The van der Waals surface area contributed by atoms with Gasteiger partial charge in [-0.1, -0.05) is 0 Å². The van der Waals surface area contributed by atoms with E-state index in [0.717, 1.165) is 86.0 Å². The van der Waals surface area contributed by atoms with Crippen LogP contribution in [0.4, 0.5) is 0 Å². The van der Waals surface area contributed by atoms with Crippen molar-refractivity contribution >= 4 is 37.8 Å². The number of hydrogen-bond donors (Lipinski definition) is 2. The van der Waals surface area contributed by atoms with E-state index < -0.39 is 11.2 Å². The average Bonchev–Trinajstić information content (AvgIpc) is 3.39. The zero-order valence-electron chi connectivity index (χ0n) is 28.8. The van der Waals surface area contributed by atoms with Crippen LogP contribution in [0.15, 0.2) is 44.4 Å². The van der Waals surface area contributed by atoms with Crippen LogP contribution in [0.2, 0.25) is 0 Å². The van der Waals surface area contributed by atoms with Gasteiger partial charge in [-0.15, -0.1) is 0 Å². The molecule has 0 radical (unpaired) electrons. The Labute approximate surface area is 287 Å². The van der Waals surface area contributed by atoms with Crippen molar-refractivity contribution in [2.75, 3.05) is 0 Å². The molecule has 250 valence electrons. The SMILES string of the molecule is C[C@]12C=C([Se][Se]C3=C[C@@]4(C)C(=CC3=O)CC[C@@H]3[C@@H]4CC[C@@]4(C)[C@H]3CC[C@]4(C)O)C(=O)C=C1CC[C@@H]1[C@@H]2CC[C@@]2(C)[C@H]1CC[C@]2(C)O. The van der Waals surface area contributed by atoms with Gasteiger partial charge in [0, 0.05) is 0 Å². The minimum absolute atomic E-state index is 0.00324. The van der Waals surface area contributed by atoms with Crippen molar-refractivity contribution in [3.8, 4) is 0 Å². The van der Waals surface area contributed by atoms with Crippen molar-refractivity contribution in [2.24, 2.45) is 57.2 Å². The molecule has 0 aromatic rings. The predicted octanol–water partition coefficient (Wildman–Crippen LogP) is 7.08. The van der Waals surface area contributed by atoms with Crippen LogP contribution in [-0.2, 0) is 9.59 Å². The number of aliphatic hydroxyl groups is 2. The fraction of sp³-hybridized carbons (Fsp3) is 0.750. The number of fused-ring (bicyclic) bond motifs is 10. The van der Waals surface area contributed by atoms with E-state index in [1.807, 2.05) is 12.2 Å². The van der Waals surface area contributed by atoms with Gasteiger partial charge in [-0.25, -0.2) is 0 Å². The molecule has 0 bridgehead atoms. The molecule has 2 N–H and O–H groups in total. The molecule has 8 aliphatic rings. The van der Waals surface area contributed by atoms with Gasteiger partial charge in [0.1, 0.15) is 0 Å². The molecule has 6 heteroatoms. The Bertz CT molecular complexity index is 1400. The van der Waals surface area contributed by atoms with Gasteiger partial charge in [0.2, 0.25) is 0 Å². The summed E-state index contributed by atoms with van der Waals surface area (Å²) in [6.07, 6.45) is 21.5. The van der Waals surface area contributed by atoms with Gasteiger partial charge in [-0.3, -0.25) is 0 Å². The quantitative estimate of drug-likeness (QED) is 0.302. The number of rotatable bonds is 3. The molecule has 8 aliphatic carbocycles. The van der Waals surface area contributed by atoms with Crippen molar-refractivity contribution in [3.63, 3.8) is 0 Å². The van der Waals surface area contributed by atoms with Crippen LogP contribution >= 0.6 is 0 Å². The van der Waals surface area contributed by atoms with Gasteiger partial charge >= 0.3 is 289 Å². The molecule has 0 saturated heterocycles. The fourth-order valence-electron chi connectivity index (χ4n) is 13.2. The predicted molar refractivity (Wildman–Crippen MR) is 184 cm³/mol. The average molecular weight is 757 g/mol. The maximum atomic E-state index is 13.6. The van der Waals surface area contributed by atoms with E-state index in [1.54, 1.807) is 0 Å². The molecule has 4 nitrogen and oxygen atoms in total. The molecule has 46 heavy (non-hydrogen) atoms. The van der Waals surface area contributed by atoms with Crippen LogP contribution in [0.25, 0.3) is 0 Å². The van der Waals surface area contributed by atoms with Gasteiger partial charge < -0.3 is 0 Å². The molecular formula is C40H54O4Se2. The van der Waals surface area contributed by atoms with Crippen molar-refractivity contribution in [2.45, 2.75) is 130 Å². The Morgan fingerprint density at radius 1 is 0.565 bits per heavy atom. The number of carbonyl (C=O) groups excluding carboxylic acids is 2. The normalized spacial score (nSPS) is 52.6. The third-order valence-electron chi connectivity index (χ3n) is 16.6. The summed E-state index contributed by atoms with van der Waals surface area (Å²) >= 11 is -0.0658. The maximum absolute atomic E-state index is 13.6. The zero-order valence-corrected chi connectivity index (χ0v) is 32.2. The van der Waals surface area contributed by atoms with Gasteiger partial charge in [-0.2, -0.15) is 0 Å². The Morgan fingerprint density at radius 3 is 1.33 bits per heavy atom. The Hall–Kier alpha value is -0.741. The van der Waals surface area contributed by atoms with Crippen LogP contribution in [0.1, 0.15) is 119 Å². The second-order valence-corrected chi connectivity index (χ2v) is 24.4. The molecule has 6 saturated carbocycles. The number of hydrogen-bond acceptors (Lipinski definition) is 4. The van der Waals surface area contributed by atoms with E-state index in [9.17, 15) is 19.8 Å². The molecule has 0 unspecified atom stereocenters. The van der Waals surface area contributed by atoms with Crippen molar-refractivity contribution < 1.29 is 19.8 Å². The van der Waals surface area contributed by atoms with Crippen molar-refractivity contribution in [1.82, 2.24) is 0 Å². The summed E-state index contributed by atoms with van der Waals surface area (Å²) < 4.78 is 1.98. The number of carbonyl (C=O) groups is 2. The second-order valence-electron chi connectivity index (χ2n) is 18.2. The monoisotopic (exact) mass is 758 g/mol. The third kappa shape index (κ3) is 4.29. The molecule has 0 aliphatic heterocycles. The summed E-state index contributed by atoms with van der Waals surface area (Å²) in [6.45, 7) is 13.6. The van der Waals surface area contributed by atoms with E-state index in [1.165, 1.54) is 11.1 Å². The number of allylic oxidation sites excluding steroid dienone is 8. The molecule has 0 heterocycles. The van der Waals surface area contributed by atoms with E-state index in [2.05, 4.69) is 53.7 Å². The van der Waals surface area contributed by atoms with Crippen LogP contribution in [0, 0.1) is 57.2 Å². The first-order valence-electron chi connectivity index (χ1n) is 18.3. The fourth-order valence-corrected chi connectivity index (χ4v) is 20.2. The van der Waals surface area contributed by atoms with E-state index in [0.29, 0.717) is 35.5 Å². The standard InChI is InChI=1S/C40H54O4Se2/c1-35-21-33(31(41)19-23(35)7-9-25-27(35)11-15-37(3)29(25)13-17-39(37,5)43)45-46-34-22-36(2)24(20-32(34)42)8-10-26-28(36)12-16-38(4)30(26)14-18-40(38,6)44/h19-22,25-30,43-44H,7-18H2,1-6H3/t25-,26-,27+,28+,29+,30+,35+,36+,37+,38+,39+,40+/m1/s1. The van der Waals surface area contributed by atoms with Crippen LogP contribution < -0.4 is 0 Å². The third-order valence-corrected chi connectivity index (χ3v) is 23.7. The molecule has 0 aromatic heterocycles. The summed E-state index contributed by atoms with van der Waals surface area (Å²) in [4.78, 5) is 27.2. The second kappa shape index (κ2) is 10.4. The first-order valence-corrected chi connectivity index (χ1v) is 24.3. The first-order chi connectivity index (χ1) is 21.5. The van der Waals surface area contributed by atoms with Crippen LogP contribution in [-0.4, -0.2) is 59.2 Å². The topological polar surface area (TPSA) is 74.6 Å². The van der Waals surface area contributed by atoms with Crippen LogP contribution in [0.3, 0.4) is 0 Å². The minimum atomic E-state index is -0.577. The summed E-state index contributed by atoms with van der Waals surface area (Å²) in [5, 5.41) is 22.7. The molecule has 8 rings (SSSR count). The summed E-state index contributed by atoms with van der Waals surface area (Å²) in [6, 6.07) is 0. The molecule has 6 fully saturated rings. The molecule has 12 atom stereocenters. The molecule has 0 spiro atoms. The summed E-state index contributed by atoms with van der Waals surface area (Å²) in [5.74, 6) is 3.76. The molecule has 0 amide bonds. The summed E-state index contributed by atoms with van der Waals surface area (Å²) in [7, 11) is 0. The van der Waals surface area contributed by atoms with Crippen molar-refractivity contribution in [3.05, 3.63) is 44.4 Å². The van der Waals surface area contributed by atoms with Crippen molar-refractivity contribution in [1.29, 1.82) is 0 Å².